The highest BCUT2D eigenvalue weighted by molar-refractivity contribution is 7.89. The Kier molecular flexibility index (Phi) is 5.81. The Labute approximate surface area is 184 Å². The van der Waals surface area contributed by atoms with Crippen LogP contribution in [0.25, 0.3) is 22.2 Å². The molecule has 1 saturated carbocycles. The highest BCUT2D eigenvalue weighted by Gasteiger charge is 2.25. The van der Waals surface area contributed by atoms with Gasteiger partial charge < -0.3 is 5.11 Å². The van der Waals surface area contributed by atoms with E-state index in [1.807, 2.05) is 0 Å². The van der Waals surface area contributed by atoms with Crippen LogP contribution < -0.4 is 4.72 Å². The van der Waals surface area contributed by atoms with Crippen molar-refractivity contribution in [1.29, 1.82) is 0 Å². The van der Waals surface area contributed by atoms with Gasteiger partial charge in [0, 0.05) is 22.0 Å². The van der Waals surface area contributed by atoms with Crippen molar-refractivity contribution >= 4 is 50.2 Å². The Morgan fingerprint density at radius 1 is 1.03 bits per heavy atom. The first-order valence-corrected chi connectivity index (χ1v) is 11.9. The highest BCUT2D eigenvalue weighted by atomic mass is 35.5. The lowest BCUT2D eigenvalue weighted by atomic mass is 9.96. The van der Waals surface area contributed by atoms with Crippen LogP contribution in [0.1, 0.15) is 32.1 Å². The van der Waals surface area contributed by atoms with Gasteiger partial charge in [0.15, 0.2) is 0 Å². The molecule has 3 aromatic rings. The molecule has 0 bridgehead atoms. The molecule has 158 valence electrons. The van der Waals surface area contributed by atoms with E-state index in [1.54, 1.807) is 30.3 Å². The van der Waals surface area contributed by atoms with E-state index < -0.39 is 16.1 Å². The van der Waals surface area contributed by atoms with E-state index in [1.165, 1.54) is 12.1 Å². The van der Waals surface area contributed by atoms with Gasteiger partial charge in [-0.3, -0.25) is 0 Å². The van der Waals surface area contributed by atoms with Crippen LogP contribution in [0.2, 0.25) is 10.0 Å². The maximum atomic E-state index is 13.0. The summed E-state index contributed by atoms with van der Waals surface area (Å²) >= 11 is 12.3. The average Bonchev–Trinajstić information content (AvgIpc) is 3.07. The van der Waals surface area contributed by atoms with Crippen molar-refractivity contribution in [3.63, 3.8) is 0 Å². The van der Waals surface area contributed by atoms with E-state index in [2.05, 4.69) is 4.72 Å². The summed E-state index contributed by atoms with van der Waals surface area (Å²) in [6, 6.07) is 11.0. The molecule has 6 nitrogen and oxygen atoms in total. The zero-order chi connectivity index (χ0) is 21.5. The number of carbonyl (C=O) groups is 1. The van der Waals surface area contributed by atoms with Gasteiger partial charge in [-0.15, -0.1) is 0 Å². The molecule has 9 heteroatoms. The summed E-state index contributed by atoms with van der Waals surface area (Å²) < 4.78 is 29.9. The number of nitrogens with zero attached hydrogens (tertiary/aromatic N) is 1. The number of halogens is 2. The van der Waals surface area contributed by atoms with Gasteiger partial charge in [-0.2, -0.15) is 0 Å². The van der Waals surface area contributed by atoms with Gasteiger partial charge in [0.05, 0.1) is 16.2 Å². The monoisotopic (exact) mass is 466 g/mol. The maximum absolute atomic E-state index is 13.0. The minimum Gasteiger partial charge on any atom is -0.464 e. The Morgan fingerprint density at radius 3 is 2.47 bits per heavy atom. The van der Waals surface area contributed by atoms with E-state index >= 15 is 0 Å². The molecule has 1 aliphatic rings. The van der Waals surface area contributed by atoms with Crippen molar-refractivity contribution in [2.24, 2.45) is 0 Å². The largest absolute Gasteiger partial charge is 0.464 e. The topological polar surface area (TPSA) is 88.4 Å². The molecule has 4 rings (SSSR count). The molecule has 30 heavy (non-hydrogen) atoms. The Hall–Kier alpha value is -2.06. The molecule has 0 saturated heterocycles. The van der Waals surface area contributed by atoms with Crippen LogP contribution in [0.15, 0.2) is 47.4 Å². The summed E-state index contributed by atoms with van der Waals surface area (Å²) in [5.74, 6) is 0. The quantitative estimate of drug-likeness (QED) is 0.511. The van der Waals surface area contributed by atoms with Gasteiger partial charge in [-0.1, -0.05) is 54.6 Å². The number of fused-ring (bicyclic) bond motifs is 1. The number of nitrogens with one attached hydrogen (secondary N) is 1. The Morgan fingerprint density at radius 2 is 1.77 bits per heavy atom. The van der Waals surface area contributed by atoms with Crippen LogP contribution in [0.3, 0.4) is 0 Å². The van der Waals surface area contributed by atoms with Crippen LogP contribution in [0, 0.1) is 0 Å². The van der Waals surface area contributed by atoms with Crippen LogP contribution in [-0.4, -0.2) is 30.2 Å². The smallest absolute Gasteiger partial charge is 0.416 e. The molecule has 1 fully saturated rings. The van der Waals surface area contributed by atoms with Crippen LogP contribution >= 0.6 is 23.2 Å². The second kappa shape index (κ2) is 8.23. The normalized spacial score (nSPS) is 15.5. The van der Waals surface area contributed by atoms with E-state index in [0.29, 0.717) is 27.2 Å². The predicted octanol–water partition coefficient (Wildman–Crippen LogP) is 5.75. The third-order valence-electron chi connectivity index (χ3n) is 5.40. The minimum absolute atomic E-state index is 0.0625. The standard InChI is InChI=1S/C21H20Cl2N2O4S/c22-15-8-6-13-10-18(25(21(26)27)19(13)12-15)14-7-9-17(23)20(11-14)30(28,29)24-16-4-2-1-3-5-16/h6-12,16,24H,1-5H2,(H,26,27). The van der Waals surface area contributed by atoms with Crippen molar-refractivity contribution in [3.05, 3.63) is 52.5 Å². The number of rotatable bonds is 4. The molecule has 2 aromatic carbocycles. The molecule has 0 unspecified atom stereocenters. The minimum atomic E-state index is -3.85. The van der Waals surface area contributed by atoms with Crippen molar-refractivity contribution < 1.29 is 18.3 Å². The first-order valence-electron chi connectivity index (χ1n) is 9.63. The van der Waals surface area contributed by atoms with E-state index in [-0.39, 0.29) is 16.0 Å². The first-order chi connectivity index (χ1) is 14.3. The Bertz CT molecular complexity index is 1230. The predicted molar refractivity (Wildman–Crippen MR) is 118 cm³/mol. The van der Waals surface area contributed by atoms with Gasteiger partial charge in [0.25, 0.3) is 0 Å². The molecule has 0 aliphatic heterocycles. The molecule has 1 aromatic heterocycles. The zero-order valence-electron chi connectivity index (χ0n) is 15.9. The van der Waals surface area contributed by atoms with Crippen molar-refractivity contribution in [1.82, 2.24) is 9.29 Å². The molecule has 0 atom stereocenters. The third kappa shape index (κ3) is 4.07. The number of aromatic nitrogens is 1. The maximum Gasteiger partial charge on any atom is 0.416 e. The summed E-state index contributed by atoms with van der Waals surface area (Å²) in [5.41, 5.74) is 1.19. The lowest BCUT2D eigenvalue weighted by Crippen LogP contribution is -2.36. The summed E-state index contributed by atoms with van der Waals surface area (Å²) in [6.45, 7) is 0. The van der Waals surface area contributed by atoms with Gasteiger partial charge >= 0.3 is 6.09 Å². The zero-order valence-corrected chi connectivity index (χ0v) is 18.3. The van der Waals surface area contributed by atoms with Gasteiger partial charge in [0.1, 0.15) is 4.90 Å². The number of hydrogen-bond acceptors (Lipinski definition) is 3. The number of sulfonamides is 1. The first kappa shape index (κ1) is 21.2. The molecule has 2 N–H and O–H groups in total. The van der Waals surface area contributed by atoms with Crippen molar-refractivity contribution in [2.45, 2.75) is 43.0 Å². The van der Waals surface area contributed by atoms with E-state index in [4.69, 9.17) is 23.2 Å². The van der Waals surface area contributed by atoms with Crippen molar-refractivity contribution in [2.75, 3.05) is 0 Å². The summed E-state index contributed by atoms with van der Waals surface area (Å²) in [6.07, 6.45) is 3.49. The molecular weight excluding hydrogens is 447 g/mol. The SMILES string of the molecule is O=C(O)n1c(-c2ccc(Cl)c(S(=O)(=O)NC3CCCCC3)c2)cc2ccc(Cl)cc21. The van der Waals surface area contributed by atoms with Crippen LogP contribution in [0.5, 0.6) is 0 Å². The third-order valence-corrected chi connectivity index (χ3v) is 7.64. The highest BCUT2D eigenvalue weighted by Crippen LogP contribution is 2.33. The molecule has 0 amide bonds. The fourth-order valence-electron chi connectivity index (χ4n) is 3.96. The molecule has 1 aliphatic carbocycles. The van der Waals surface area contributed by atoms with E-state index in [9.17, 15) is 18.3 Å². The number of hydrogen-bond donors (Lipinski definition) is 2. The number of benzene rings is 2. The molecular formula is C21H20Cl2N2O4S. The fraction of sp³-hybridized carbons (Fsp3) is 0.286. The second-order valence-electron chi connectivity index (χ2n) is 7.45. The average molecular weight is 467 g/mol. The lowest BCUT2D eigenvalue weighted by molar-refractivity contribution is 0.198. The van der Waals surface area contributed by atoms with Gasteiger partial charge in [-0.05, 0) is 43.2 Å². The Balaban J connectivity index is 1.80. The molecule has 0 radical (unpaired) electrons. The summed E-state index contributed by atoms with van der Waals surface area (Å²) in [5, 5.41) is 10.9. The molecule has 1 heterocycles. The fourth-order valence-corrected chi connectivity index (χ4v) is 5.96. The number of carboxylic acid groups (broad SMARTS) is 1. The molecule has 0 spiro atoms. The van der Waals surface area contributed by atoms with Crippen LogP contribution in [0.4, 0.5) is 4.79 Å². The lowest BCUT2D eigenvalue weighted by Gasteiger charge is -2.23. The summed E-state index contributed by atoms with van der Waals surface area (Å²) in [4.78, 5) is 11.9. The van der Waals surface area contributed by atoms with Gasteiger partial charge in [0.2, 0.25) is 10.0 Å². The van der Waals surface area contributed by atoms with Crippen molar-refractivity contribution in [3.8, 4) is 11.3 Å². The van der Waals surface area contributed by atoms with Crippen LogP contribution in [-0.2, 0) is 10.0 Å². The summed E-state index contributed by atoms with van der Waals surface area (Å²) in [7, 11) is -3.85. The van der Waals surface area contributed by atoms with Gasteiger partial charge in [-0.25, -0.2) is 22.5 Å². The van der Waals surface area contributed by atoms with E-state index in [0.717, 1.165) is 36.7 Å². The second-order valence-corrected chi connectivity index (χ2v) is 9.98.